The van der Waals surface area contributed by atoms with Gasteiger partial charge in [0.25, 0.3) is 0 Å². The van der Waals surface area contributed by atoms with Crippen LogP contribution in [0, 0.1) is 5.82 Å². The first kappa shape index (κ1) is 30.1. The van der Waals surface area contributed by atoms with E-state index in [-0.39, 0.29) is 18.3 Å². The van der Waals surface area contributed by atoms with E-state index in [0.717, 1.165) is 34.0 Å². The molecule has 0 aliphatic carbocycles. The number of halogens is 1. The highest BCUT2D eigenvalue weighted by atomic mass is 19.1. The van der Waals surface area contributed by atoms with Crippen LogP contribution in [-0.4, -0.2) is 65.7 Å². The molecular weight excluding hydrogens is 569 g/mol. The maximum Gasteiger partial charge on any atom is 0.242 e. The number of morpholine rings is 1. The summed E-state index contributed by atoms with van der Waals surface area (Å²) in [4.78, 5) is 26.0. The van der Waals surface area contributed by atoms with Crippen molar-refractivity contribution >= 4 is 33.9 Å². The lowest BCUT2D eigenvalue weighted by molar-refractivity contribution is -0.129. The molecule has 1 unspecified atom stereocenters. The number of hydrogen-bond acceptors (Lipinski definition) is 7. The Labute approximate surface area is 262 Å². The normalized spacial score (nSPS) is 14.0. The molecule has 3 aromatic carbocycles. The van der Waals surface area contributed by atoms with Gasteiger partial charge in [0.15, 0.2) is 5.82 Å². The third kappa shape index (κ3) is 6.32. The smallest absolute Gasteiger partial charge is 0.242 e. The van der Waals surface area contributed by atoms with Gasteiger partial charge in [0.2, 0.25) is 5.91 Å². The van der Waals surface area contributed by atoms with E-state index in [4.69, 9.17) is 15.5 Å². The lowest BCUT2D eigenvalue weighted by atomic mass is 9.98. The van der Waals surface area contributed by atoms with E-state index in [1.165, 1.54) is 0 Å². The maximum absolute atomic E-state index is 16.9. The van der Waals surface area contributed by atoms with Crippen molar-refractivity contribution in [2.45, 2.75) is 25.9 Å². The van der Waals surface area contributed by atoms with Gasteiger partial charge in [0.05, 0.1) is 24.6 Å². The van der Waals surface area contributed by atoms with Crippen molar-refractivity contribution in [2.24, 2.45) is 0 Å². The first-order valence-electron chi connectivity index (χ1n) is 15.2. The van der Waals surface area contributed by atoms with Crippen molar-refractivity contribution in [3.8, 4) is 11.3 Å². The van der Waals surface area contributed by atoms with Crippen LogP contribution in [0.1, 0.15) is 29.9 Å². The summed E-state index contributed by atoms with van der Waals surface area (Å²) in [6, 6.07) is 20.6. The minimum Gasteiger partial charge on any atom is -0.383 e. The van der Waals surface area contributed by atoms with Gasteiger partial charge in [-0.05, 0) is 47.7 Å². The molecule has 3 N–H and O–H groups in total. The predicted octanol–water partition coefficient (Wildman–Crippen LogP) is 5.51. The van der Waals surface area contributed by atoms with Crippen molar-refractivity contribution in [3.05, 3.63) is 102 Å². The fourth-order valence-electron chi connectivity index (χ4n) is 5.70. The summed E-state index contributed by atoms with van der Waals surface area (Å²) in [6.07, 6.45) is 4.27. The number of carbonyl (C=O) groups is 1. The van der Waals surface area contributed by atoms with Crippen LogP contribution in [0.25, 0.3) is 22.0 Å². The highest BCUT2D eigenvalue weighted by Gasteiger charge is 2.29. The van der Waals surface area contributed by atoms with E-state index in [1.807, 2.05) is 82.4 Å². The van der Waals surface area contributed by atoms with Gasteiger partial charge in [-0.3, -0.25) is 4.79 Å². The zero-order valence-corrected chi connectivity index (χ0v) is 25.8. The average Bonchev–Trinajstić information content (AvgIpc) is 3.48. The molecular formula is C35H38FN7O2. The molecule has 1 aliphatic rings. The molecule has 0 bridgehead atoms. The maximum atomic E-state index is 16.9. The molecule has 0 radical (unpaired) electrons. The summed E-state index contributed by atoms with van der Waals surface area (Å²) < 4.78 is 24.3. The second-order valence-corrected chi connectivity index (χ2v) is 11.4. The second kappa shape index (κ2) is 13.0. The number of nitrogens with two attached hydrogens (primary N) is 1. The summed E-state index contributed by atoms with van der Waals surface area (Å²) in [6.45, 7) is 4.40. The number of nitrogens with zero attached hydrogens (tertiary/aromatic N) is 5. The third-order valence-corrected chi connectivity index (χ3v) is 8.26. The van der Waals surface area contributed by atoms with Crippen LogP contribution >= 0.6 is 0 Å². The van der Waals surface area contributed by atoms with Crippen molar-refractivity contribution in [1.82, 2.24) is 19.4 Å². The minimum absolute atomic E-state index is 0.0473. The number of nitrogen functional groups attached to an aromatic ring is 1. The molecule has 5 aromatic rings. The highest BCUT2D eigenvalue weighted by Crippen LogP contribution is 2.36. The number of imidazole rings is 1. The zero-order valence-electron chi connectivity index (χ0n) is 25.8. The quantitative estimate of drug-likeness (QED) is 0.228. The molecule has 1 aliphatic heterocycles. The second-order valence-electron chi connectivity index (χ2n) is 11.4. The Morgan fingerprint density at radius 1 is 1.09 bits per heavy atom. The van der Waals surface area contributed by atoms with Crippen molar-refractivity contribution < 1.29 is 13.9 Å². The van der Waals surface area contributed by atoms with Crippen LogP contribution < -0.4 is 16.0 Å². The van der Waals surface area contributed by atoms with Crippen molar-refractivity contribution in [1.29, 1.82) is 0 Å². The molecule has 0 spiro atoms. The monoisotopic (exact) mass is 607 g/mol. The van der Waals surface area contributed by atoms with E-state index >= 15 is 4.39 Å². The highest BCUT2D eigenvalue weighted by molar-refractivity contribution is 5.93. The molecule has 1 atom stereocenters. The van der Waals surface area contributed by atoms with Gasteiger partial charge < -0.3 is 30.2 Å². The van der Waals surface area contributed by atoms with Gasteiger partial charge in [0, 0.05) is 61.8 Å². The fraction of sp³-hybridized carbons (Fsp3) is 0.286. The summed E-state index contributed by atoms with van der Waals surface area (Å²) in [7, 11) is 3.45. The molecule has 1 amide bonds. The summed E-state index contributed by atoms with van der Waals surface area (Å²) in [5.41, 5.74) is 10.5. The number of ether oxygens (including phenoxy) is 1. The summed E-state index contributed by atoms with van der Waals surface area (Å²) in [5, 5.41) is 5.33. The molecule has 9 nitrogen and oxygen atoms in total. The molecule has 2 aromatic heterocycles. The molecule has 1 saturated heterocycles. The van der Waals surface area contributed by atoms with Gasteiger partial charge in [-0.15, -0.1) is 0 Å². The number of fused-ring (bicyclic) bond motifs is 1. The van der Waals surface area contributed by atoms with E-state index < -0.39 is 6.04 Å². The van der Waals surface area contributed by atoms with Crippen LogP contribution in [0.15, 0.2) is 79.1 Å². The molecule has 3 heterocycles. The van der Waals surface area contributed by atoms with Crippen LogP contribution in [0.4, 0.5) is 21.6 Å². The predicted molar refractivity (Wildman–Crippen MR) is 177 cm³/mol. The average molecular weight is 608 g/mol. The van der Waals surface area contributed by atoms with Crippen LogP contribution in [0.3, 0.4) is 0 Å². The number of rotatable bonds is 9. The largest absolute Gasteiger partial charge is 0.383 e. The summed E-state index contributed by atoms with van der Waals surface area (Å²) >= 11 is 0. The molecule has 45 heavy (non-hydrogen) atoms. The topological polar surface area (TPSA) is 102 Å². The van der Waals surface area contributed by atoms with E-state index in [9.17, 15) is 4.79 Å². The van der Waals surface area contributed by atoms with Crippen molar-refractivity contribution in [2.75, 3.05) is 56.3 Å². The first-order chi connectivity index (χ1) is 21.8. The molecule has 0 saturated carbocycles. The van der Waals surface area contributed by atoms with Gasteiger partial charge >= 0.3 is 0 Å². The molecule has 6 rings (SSSR count). The Bertz CT molecular complexity index is 1820. The number of hydrogen-bond donors (Lipinski definition) is 2. The molecule has 232 valence electrons. The van der Waals surface area contributed by atoms with Gasteiger partial charge in [-0.2, -0.15) is 0 Å². The van der Waals surface area contributed by atoms with Gasteiger partial charge in [0.1, 0.15) is 24.2 Å². The number of anilines is 3. The number of aryl methyl sites for hydroxylation is 1. The minimum atomic E-state index is -0.736. The Morgan fingerprint density at radius 2 is 1.87 bits per heavy atom. The number of carbonyl (C=O) groups excluding carboxylic acids is 1. The summed E-state index contributed by atoms with van der Waals surface area (Å²) in [5.74, 6) is 0.546. The van der Waals surface area contributed by atoms with Crippen LogP contribution in [0.2, 0.25) is 0 Å². The van der Waals surface area contributed by atoms with E-state index in [0.29, 0.717) is 54.9 Å². The van der Waals surface area contributed by atoms with E-state index in [1.54, 1.807) is 25.2 Å². The Kier molecular flexibility index (Phi) is 8.66. The standard InChI is InChI=1S/C35H38FN7O2/c1-4-23-18-28(32(36)30(19-23)42-14-16-45-17-15-42)33(39-26-10-11-27-25(20-26)12-13-38-34(27)37)35-40-29(24-8-6-5-7-9-24)21-43(35)22-31(44)41(2)3/h5-13,18-21,33,39H,4,14-17,22H2,1-3H3,(H2,37,38). The van der Waals surface area contributed by atoms with E-state index in [2.05, 4.69) is 17.2 Å². The Hall–Kier alpha value is -4.96. The van der Waals surface area contributed by atoms with Crippen LogP contribution in [0.5, 0.6) is 0 Å². The lowest BCUT2D eigenvalue weighted by Gasteiger charge is -2.31. The zero-order chi connectivity index (χ0) is 31.5. The number of pyridine rings is 1. The van der Waals surface area contributed by atoms with Crippen LogP contribution in [-0.2, 0) is 22.5 Å². The molecule has 10 heteroatoms. The first-order valence-corrected chi connectivity index (χ1v) is 15.2. The Balaban J connectivity index is 1.55. The number of amides is 1. The van der Waals surface area contributed by atoms with Gasteiger partial charge in [-0.1, -0.05) is 43.3 Å². The number of aromatic nitrogens is 3. The van der Waals surface area contributed by atoms with Gasteiger partial charge in [-0.25, -0.2) is 14.4 Å². The van der Waals surface area contributed by atoms with Crippen molar-refractivity contribution in [3.63, 3.8) is 0 Å². The molecule has 1 fully saturated rings. The SMILES string of the molecule is CCc1cc(C(Nc2ccc3c(N)nccc3c2)c2nc(-c3ccccc3)cn2CC(=O)N(C)C)c(F)c(N2CCOCC2)c1. The fourth-order valence-corrected chi connectivity index (χ4v) is 5.70. The lowest BCUT2D eigenvalue weighted by Crippen LogP contribution is -2.37. The number of benzene rings is 3. The number of likely N-dealkylation sites (N-methyl/N-ethyl adjacent to an activating group) is 1. The number of nitrogens with one attached hydrogen (secondary N) is 1. The Morgan fingerprint density at radius 3 is 2.60 bits per heavy atom. The third-order valence-electron chi connectivity index (χ3n) is 8.26.